The van der Waals surface area contributed by atoms with Crippen LogP contribution >= 0.6 is 22.9 Å². The number of nitrogen functional groups attached to an aromatic ring is 1. The van der Waals surface area contributed by atoms with Gasteiger partial charge in [-0.3, -0.25) is 0 Å². The van der Waals surface area contributed by atoms with E-state index in [1.807, 2.05) is 32.9 Å². The molecule has 0 spiro atoms. The molecule has 0 bridgehead atoms. The van der Waals surface area contributed by atoms with Crippen LogP contribution in [-0.2, 0) is 6.42 Å². The summed E-state index contributed by atoms with van der Waals surface area (Å²) in [6, 6.07) is 3.94. The largest absolute Gasteiger partial charge is 0.495 e. The van der Waals surface area contributed by atoms with Crippen molar-refractivity contribution in [2.45, 2.75) is 41.0 Å². The average Bonchev–Trinajstić information content (AvgIpc) is 2.80. The van der Waals surface area contributed by atoms with Gasteiger partial charge in [0.15, 0.2) is 5.13 Å². The fourth-order valence-corrected chi connectivity index (χ4v) is 3.64. The second kappa shape index (κ2) is 8.39. The lowest BCUT2D eigenvalue weighted by atomic mass is 10.0. The minimum absolute atomic E-state index is 0.559. The Labute approximate surface area is 142 Å². The lowest BCUT2D eigenvalue weighted by molar-refractivity contribution is 0.412. The molecule has 2 N–H and O–H groups in total. The van der Waals surface area contributed by atoms with Gasteiger partial charge in [0, 0.05) is 10.4 Å². The molecule has 1 aromatic heterocycles. The van der Waals surface area contributed by atoms with E-state index in [4.69, 9.17) is 22.1 Å². The number of benzene rings is 1. The lowest BCUT2D eigenvalue weighted by Gasteiger charge is -2.10. The van der Waals surface area contributed by atoms with E-state index >= 15 is 0 Å². The highest BCUT2D eigenvalue weighted by Crippen LogP contribution is 2.37. The highest BCUT2D eigenvalue weighted by atomic mass is 35.5. The quantitative estimate of drug-likeness (QED) is 0.789. The number of halogens is 1. The van der Waals surface area contributed by atoms with Crippen LogP contribution in [0, 0.1) is 12.8 Å². The van der Waals surface area contributed by atoms with Gasteiger partial charge < -0.3 is 10.5 Å². The minimum atomic E-state index is 0.559. The van der Waals surface area contributed by atoms with Crippen molar-refractivity contribution in [1.82, 2.24) is 4.98 Å². The molecule has 5 heteroatoms. The Morgan fingerprint density at radius 2 is 1.95 bits per heavy atom. The molecular formula is C17H25ClN2OS. The number of hydrogen-bond acceptors (Lipinski definition) is 4. The minimum Gasteiger partial charge on any atom is -0.495 e. The number of aryl methyl sites for hydroxylation is 1. The van der Waals surface area contributed by atoms with Crippen LogP contribution < -0.4 is 10.5 Å². The van der Waals surface area contributed by atoms with Crippen LogP contribution in [0.2, 0.25) is 5.02 Å². The molecule has 1 aromatic carbocycles. The van der Waals surface area contributed by atoms with Gasteiger partial charge in [-0.15, -0.1) is 11.3 Å². The lowest BCUT2D eigenvalue weighted by Crippen LogP contribution is -1.95. The molecule has 0 aliphatic carbocycles. The Kier molecular flexibility index (Phi) is 7.17. The zero-order valence-corrected chi connectivity index (χ0v) is 15.7. The number of rotatable bonds is 4. The predicted molar refractivity (Wildman–Crippen MR) is 98.2 cm³/mol. The van der Waals surface area contributed by atoms with Crippen molar-refractivity contribution in [2.24, 2.45) is 5.92 Å². The SMILES string of the molecule is CC.COc1c(C)cc(-c2nc(N)sc2CC(C)C)cc1Cl. The Bertz CT molecular complexity index is 600. The van der Waals surface area contributed by atoms with Gasteiger partial charge in [0.2, 0.25) is 0 Å². The van der Waals surface area contributed by atoms with Crippen LogP contribution in [-0.4, -0.2) is 12.1 Å². The summed E-state index contributed by atoms with van der Waals surface area (Å²) in [5, 5.41) is 1.20. The van der Waals surface area contributed by atoms with Crippen LogP contribution in [0.1, 0.15) is 38.1 Å². The van der Waals surface area contributed by atoms with Crippen molar-refractivity contribution in [3.63, 3.8) is 0 Å². The summed E-state index contributed by atoms with van der Waals surface area (Å²) in [7, 11) is 1.62. The summed E-state index contributed by atoms with van der Waals surface area (Å²) in [4.78, 5) is 5.68. The standard InChI is InChI=1S/C15H19ClN2OS.C2H6/c1-8(2)5-12-13(18-15(17)20-12)10-6-9(3)14(19-4)11(16)7-10;1-2/h6-8H,5H2,1-4H3,(H2,17,18);1-2H3. The molecule has 0 aliphatic heterocycles. The van der Waals surface area contributed by atoms with Crippen molar-refractivity contribution in [3.8, 4) is 17.0 Å². The molecule has 0 fully saturated rings. The van der Waals surface area contributed by atoms with E-state index < -0.39 is 0 Å². The van der Waals surface area contributed by atoms with Crippen LogP contribution in [0.15, 0.2) is 12.1 Å². The smallest absolute Gasteiger partial charge is 0.180 e. The van der Waals surface area contributed by atoms with Gasteiger partial charge >= 0.3 is 0 Å². The summed E-state index contributed by atoms with van der Waals surface area (Å²) in [5.41, 5.74) is 8.81. The molecule has 0 radical (unpaired) electrons. The number of nitrogens with two attached hydrogens (primary N) is 1. The van der Waals surface area contributed by atoms with Gasteiger partial charge in [-0.1, -0.05) is 39.3 Å². The average molecular weight is 341 g/mol. The first-order valence-corrected chi connectivity index (χ1v) is 8.71. The van der Waals surface area contributed by atoms with E-state index in [9.17, 15) is 0 Å². The van der Waals surface area contributed by atoms with E-state index in [1.54, 1.807) is 18.4 Å². The Balaban J connectivity index is 0.00000116. The number of anilines is 1. The fourth-order valence-electron chi connectivity index (χ4n) is 2.23. The third kappa shape index (κ3) is 4.37. The number of ether oxygens (including phenoxy) is 1. The molecule has 0 saturated heterocycles. The van der Waals surface area contributed by atoms with Gasteiger partial charge in [0.05, 0.1) is 17.8 Å². The number of methoxy groups -OCH3 is 1. The first-order chi connectivity index (χ1) is 10.4. The van der Waals surface area contributed by atoms with Gasteiger partial charge in [-0.25, -0.2) is 4.98 Å². The topological polar surface area (TPSA) is 48.1 Å². The fraction of sp³-hybridized carbons (Fsp3) is 0.471. The maximum Gasteiger partial charge on any atom is 0.180 e. The van der Waals surface area contributed by atoms with Gasteiger partial charge in [0.1, 0.15) is 5.75 Å². The highest BCUT2D eigenvalue weighted by molar-refractivity contribution is 7.15. The zero-order chi connectivity index (χ0) is 16.9. The van der Waals surface area contributed by atoms with Crippen LogP contribution in [0.25, 0.3) is 11.3 Å². The van der Waals surface area contributed by atoms with Crippen molar-refractivity contribution < 1.29 is 4.74 Å². The number of aromatic nitrogens is 1. The number of hydrogen-bond donors (Lipinski definition) is 1. The zero-order valence-electron chi connectivity index (χ0n) is 14.2. The molecule has 3 nitrogen and oxygen atoms in total. The first-order valence-electron chi connectivity index (χ1n) is 7.52. The van der Waals surface area contributed by atoms with E-state index in [2.05, 4.69) is 18.8 Å². The second-order valence-corrected chi connectivity index (χ2v) is 6.75. The molecule has 0 aliphatic rings. The summed E-state index contributed by atoms with van der Waals surface area (Å²) in [5.74, 6) is 1.27. The molecule has 2 rings (SSSR count). The van der Waals surface area contributed by atoms with Crippen LogP contribution in [0.5, 0.6) is 5.75 Å². The summed E-state index contributed by atoms with van der Waals surface area (Å²) in [6.45, 7) is 10.4. The molecule has 1 heterocycles. The molecule has 22 heavy (non-hydrogen) atoms. The van der Waals surface area contributed by atoms with E-state index in [-0.39, 0.29) is 0 Å². The third-order valence-electron chi connectivity index (χ3n) is 3.01. The molecule has 0 amide bonds. The van der Waals surface area contributed by atoms with Crippen molar-refractivity contribution in [2.75, 3.05) is 12.8 Å². The summed E-state index contributed by atoms with van der Waals surface area (Å²) >= 11 is 7.82. The van der Waals surface area contributed by atoms with Crippen molar-refractivity contribution in [1.29, 1.82) is 0 Å². The molecular weight excluding hydrogens is 316 g/mol. The molecule has 2 aromatic rings. The Morgan fingerprint density at radius 1 is 1.32 bits per heavy atom. The maximum absolute atomic E-state index is 6.27. The Morgan fingerprint density at radius 3 is 2.45 bits per heavy atom. The van der Waals surface area contributed by atoms with Crippen molar-refractivity contribution in [3.05, 3.63) is 27.6 Å². The van der Waals surface area contributed by atoms with Crippen LogP contribution in [0.4, 0.5) is 5.13 Å². The third-order valence-corrected chi connectivity index (χ3v) is 4.20. The van der Waals surface area contributed by atoms with E-state index in [0.717, 1.165) is 23.2 Å². The number of nitrogens with zero attached hydrogens (tertiary/aromatic N) is 1. The molecule has 0 saturated carbocycles. The Hall–Kier alpha value is -1.26. The summed E-state index contributed by atoms with van der Waals surface area (Å²) in [6.07, 6.45) is 0.965. The van der Waals surface area contributed by atoms with Gasteiger partial charge in [0.25, 0.3) is 0 Å². The van der Waals surface area contributed by atoms with Crippen molar-refractivity contribution >= 4 is 28.1 Å². The molecule has 0 unspecified atom stereocenters. The normalized spacial score (nSPS) is 10.4. The highest BCUT2D eigenvalue weighted by Gasteiger charge is 2.16. The summed E-state index contributed by atoms with van der Waals surface area (Å²) < 4.78 is 5.29. The molecule has 122 valence electrons. The monoisotopic (exact) mass is 340 g/mol. The van der Waals surface area contributed by atoms with Gasteiger partial charge in [-0.2, -0.15) is 0 Å². The van der Waals surface area contributed by atoms with E-state index in [1.165, 1.54) is 4.88 Å². The maximum atomic E-state index is 6.27. The van der Waals surface area contributed by atoms with Crippen LogP contribution in [0.3, 0.4) is 0 Å². The second-order valence-electron chi connectivity index (χ2n) is 5.23. The number of thiazole rings is 1. The molecule has 0 atom stereocenters. The first kappa shape index (κ1) is 18.8. The predicted octanol–water partition coefficient (Wildman–Crippen LogP) is 5.59. The van der Waals surface area contributed by atoms with Gasteiger partial charge in [-0.05, 0) is 37.0 Å². The van der Waals surface area contributed by atoms with E-state index in [0.29, 0.717) is 21.8 Å².